The van der Waals surface area contributed by atoms with Gasteiger partial charge in [0.1, 0.15) is 0 Å². The zero-order valence-corrected chi connectivity index (χ0v) is 18.3. The summed E-state index contributed by atoms with van der Waals surface area (Å²) in [5, 5.41) is 1.79. The molecule has 0 saturated carbocycles. The fourth-order valence-corrected chi connectivity index (χ4v) is 3.81. The van der Waals surface area contributed by atoms with Crippen molar-refractivity contribution in [2.24, 2.45) is 11.8 Å². The van der Waals surface area contributed by atoms with Gasteiger partial charge in [-0.25, -0.2) is 0 Å². The van der Waals surface area contributed by atoms with E-state index in [-0.39, 0.29) is 5.78 Å². The molecule has 26 heavy (non-hydrogen) atoms. The topological polar surface area (TPSA) is 17.1 Å². The average Bonchev–Trinajstić information content (AvgIpc) is 2.55. The Hall–Kier alpha value is -0.730. The summed E-state index contributed by atoms with van der Waals surface area (Å²) in [7, 11) is 0. The Labute approximate surface area is 175 Å². The number of ketones is 1. The normalized spacial score (nSPS) is 11.5. The molecule has 0 unspecified atom stereocenters. The summed E-state index contributed by atoms with van der Waals surface area (Å²) < 4.78 is 0. The van der Waals surface area contributed by atoms with Gasteiger partial charge in [-0.2, -0.15) is 0 Å². The van der Waals surface area contributed by atoms with Gasteiger partial charge in [0.2, 0.25) is 0 Å². The third kappa shape index (κ3) is 4.75. The molecule has 2 aromatic rings. The minimum atomic E-state index is -0.103. The summed E-state index contributed by atoms with van der Waals surface area (Å²) in [6, 6.07) is 6.83. The molecule has 0 amide bonds. The summed E-state index contributed by atoms with van der Waals surface area (Å²) in [6.45, 7) is 8.31. The lowest BCUT2D eigenvalue weighted by atomic mass is 9.89. The predicted octanol–water partition coefficient (Wildman–Crippen LogP) is 7.93. The molecule has 0 saturated heterocycles. The molecule has 0 aliphatic rings. The minimum absolute atomic E-state index is 0.103. The maximum atomic E-state index is 13.4. The Balaban J connectivity index is 2.64. The molecule has 0 fully saturated rings. The molecular formula is C21H22Cl4O. The van der Waals surface area contributed by atoms with Crippen LogP contribution in [0.1, 0.15) is 54.7 Å². The van der Waals surface area contributed by atoms with Crippen LogP contribution >= 0.6 is 46.4 Å². The lowest BCUT2D eigenvalue weighted by Crippen LogP contribution is -2.12. The standard InChI is InChI=1S/C21H22Cl4O/c1-11(2)9-15-13(5-7-17(22)19(15)24)21(26)14-6-8-18(23)20(25)16(14)10-12(3)4/h5-8,11-12H,9-10H2,1-4H3. The van der Waals surface area contributed by atoms with Gasteiger partial charge in [0.25, 0.3) is 0 Å². The summed E-state index contributed by atoms with van der Waals surface area (Å²) in [5.74, 6) is 0.566. The van der Waals surface area contributed by atoms with Crippen molar-refractivity contribution in [3.63, 3.8) is 0 Å². The number of rotatable bonds is 6. The molecule has 0 N–H and O–H groups in total. The van der Waals surface area contributed by atoms with Crippen LogP contribution in [0.15, 0.2) is 24.3 Å². The van der Waals surface area contributed by atoms with E-state index in [9.17, 15) is 4.79 Å². The van der Waals surface area contributed by atoms with Gasteiger partial charge < -0.3 is 0 Å². The van der Waals surface area contributed by atoms with Crippen molar-refractivity contribution < 1.29 is 4.79 Å². The van der Waals surface area contributed by atoms with Gasteiger partial charge in [-0.15, -0.1) is 0 Å². The SMILES string of the molecule is CC(C)Cc1c(C(=O)c2ccc(Cl)c(Cl)c2CC(C)C)ccc(Cl)c1Cl. The molecule has 0 spiro atoms. The van der Waals surface area contributed by atoms with Crippen LogP contribution in [0.2, 0.25) is 20.1 Å². The van der Waals surface area contributed by atoms with E-state index in [0.717, 1.165) is 11.1 Å². The van der Waals surface area contributed by atoms with E-state index in [0.29, 0.717) is 55.9 Å². The molecule has 0 bridgehead atoms. The Bertz CT molecular complexity index is 758. The molecule has 0 radical (unpaired) electrons. The number of hydrogen-bond donors (Lipinski definition) is 0. The van der Waals surface area contributed by atoms with Gasteiger partial charge in [0.05, 0.1) is 20.1 Å². The summed E-state index contributed by atoms with van der Waals surface area (Å²) in [4.78, 5) is 13.4. The van der Waals surface area contributed by atoms with E-state index in [1.807, 2.05) is 0 Å². The molecule has 5 heteroatoms. The summed E-state index contributed by atoms with van der Waals surface area (Å²) >= 11 is 25.2. The molecule has 0 aliphatic heterocycles. The van der Waals surface area contributed by atoms with Crippen LogP contribution in [0, 0.1) is 11.8 Å². The van der Waals surface area contributed by atoms with Gasteiger partial charge in [-0.05, 0) is 60.1 Å². The first-order chi connectivity index (χ1) is 12.1. The van der Waals surface area contributed by atoms with Gasteiger partial charge >= 0.3 is 0 Å². The lowest BCUT2D eigenvalue weighted by Gasteiger charge is -2.17. The second-order valence-corrected chi connectivity index (χ2v) is 8.87. The molecule has 0 atom stereocenters. The van der Waals surface area contributed by atoms with E-state index < -0.39 is 0 Å². The van der Waals surface area contributed by atoms with Gasteiger partial charge in [0, 0.05) is 11.1 Å². The number of benzene rings is 2. The zero-order chi connectivity index (χ0) is 19.6. The van der Waals surface area contributed by atoms with Crippen LogP contribution in [0.5, 0.6) is 0 Å². The van der Waals surface area contributed by atoms with Crippen LogP contribution < -0.4 is 0 Å². The number of carbonyl (C=O) groups excluding carboxylic acids is 1. The second-order valence-electron chi connectivity index (χ2n) is 7.30. The number of hydrogen-bond acceptors (Lipinski definition) is 1. The molecule has 2 aromatic carbocycles. The quantitative estimate of drug-likeness (QED) is 0.424. The first-order valence-corrected chi connectivity index (χ1v) is 10.1. The maximum Gasteiger partial charge on any atom is 0.193 e. The van der Waals surface area contributed by atoms with Crippen molar-refractivity contribution in [3.8, 4) is 0 Å². The highest BCUT2D eigenvalue weighted by Gasteiger charge is 2.23. The Kier molecular flexibility index (Phi) is 7.44. The van der Waals surface area contributed by atoms with Crippen molar-refractivity contribution in [1.29, 1.82) is 0 Å². The molecule has 0 aliphatic carbocycles. The van der Waals surface area contributed by atoms with E-state index in [1.54, 1.807) is 24.3 Å². The van der Waals surface area contributed by atoms with Crippen LogP contribution in [0.3, 0.4) is 0 Å². The summed E-state index contributed by atoms with van der Waals surface area (Å²) in [6.07, 6.45) is 1.34. The molecule has 140 valence electrons. The Morgan fingerprint density at radius 1 is 0.731 bits per heavy atom. The van der Waals surface area contributed by atoms with Crippen LogP contribution in [0.25, 0.3) is 0 Å². The average molecular weight is 432 g/mol. The van der Waals surface area contributed by atoms with Crippen molar-refractivity contribution in [2.45, 2.75) is 40.5 Å². The van der Waals surface area contributed by atoms with E-state index in [4.69, 9.17) is 46.4 Å². The van der Waals surface area contributed by atoms with Crippen LogP contribution in [0.4, 0.5) is 0 Å². The van der Waals surface area contributed by atoms with Gasteiger partial charge in [-0.3, -0.25) is 4.79 Å². The van der Waals surface area contributed by atoms with Crippen molar-refractivity contribution in [3.05, 3.63) is 66.6 Å². The van der Waals surface area contributed by atoms with Crippen molar-refractivity contribution >= 4 is 52.2 Å². The fourth-order valence-electron chi connectivity index (χ4n) is 2.97. The molecular weight excluding hydrogens is 410 g/mol. The molecule has 1 nitrogen and oxygen atoms in total. The number of carbonyl (C=O) groups is 1. The highest BCUT2D eigenvalue weighted by Crippen LogP contribution is 2.35. The third-order valence-corrected chi connectivity index (χ3v) is 5.79. The first kappa shape index (κ1) is 21.6. The Morgan fingerprint density at radius 3 is 1.38 bits per heavy atom. The Morgan fingerprint density at radius 2 is 1.08 bits per heavy atom. The smallest absolute Gasteiger partial charge is 0.193 e. The fraction of sp³-hybridized carbons (Fsp3) is 0.381. The minimum Gasteiger partial charge on any atom is -0.289 e. The van der Waals surface area contributed by atoms with Crippen LogP contribution in [-0.2, 0) is 12.8 Å². The third-order valence-electron chi connectivity index (χ3n) is 4.11. The van der Waals surface area contributed by atoms with E-state index >= 15 is 0 Å². The maximum absolute atomic E-state index is 13.4. The molecule has 2 rings (SSSR count). The van der Waals surface area contributed by atoms with E-state index in [1.165, 1.54) is 0 Å². The predicted molar refractivity (Wildman–Crippen MR) is 113 cm³/mol. The van der Waals surface area contributed by atoms with Crippen molar-refractivity contribution in [2.75, 3.05) is 0 Å². The zero-order valence-electron chi connectivity index (χ0n) is 15.3. The molecule has 0 heterocycles. The highest BCUT2D eigenvalue weighted by atomic mass is 35.5. The van der Waals surface area contributed by atoms with Gasteiger partial charge in [-0.1, -0.05) is 74.1 Å². The van der Waals surface area contributed by atoms with Gasteiger partial charge in [0.15, 0.2) is 5.78 Å². The van der Waals surface area contributed by atoms with Crippen LogP contribution in [-0.4, -0.2) is 5.78 Å². The lowest BCUT2D eigenvalue weighted by molar-refractivity contribution is 0.103. The van der Waals surface area contributed by atoms with E-state index in [2.05, 4.69) is 27.7 Å². The molecule has 0 aromatic heterocycles. The number of halogens is 4. The second kappa shape index (κ2) is 8.97. The summed E-state index contributed by atoms with van der Waals surface area (Å²) in [5.41, 5.74) is 2.69. The highest BCUT2D eigenvalue weighted by molar-refractivity contribution is 6.43. The first-order valence-electron chi connectivity index (χ1n) is 8.61. The largest absolute Gasteiger partial charge is 0.289 e. The van der Waals surface area contributed by atoms with Crippen molar-refractivity contribution in [1.82, 2.24) is 0 Å². The monoisotopic (exact) mass is 430 g/mol.